The summed E-state index contributed by atoms with van der Waals surface area (Å²) in [6.07, 6.45) is 5.12. The molecule has 0 spiro atoms. The van der Waals surface area contributed by atoms with E-state index in [0.29, 0.717) is 31.1 Å². The predicted molar refractivity (Wildman–Crippen MR) is 103 cm³/mol. The highest BCUT2D eigenvalue weighted by Gasteiger charge is 2.27. The molecule has 0 unspecified atom stereocenters. The average molecular weight is 383 g/mol. The maximum absolute atomic E-state index is 13.0. The Morgan fingerprint density at radius 2 is 1.81 bits per heavy atom. The van der Waals surface area contributed by atoms with Crippen LogP contribution in [-0.4, -0.2) is 38.3 Å². The van der Waals surface area contributed by atoms with Crippen LogP contribution in [0.4, 0.5) is 5.69 Å². The van der Waals surface area contributed by atoms with Gasteiger partial charge in [-0.2, -0.15) is 4.31 Å². The Balaban J connectivity index is 2.31. The average Bonchev–Trinajstić information content (AvgIpc) is 2.64. The highest BCUT2D eigenvalue weighted by atomic mass is 32.2. The lowest BCUT2D eigenvalue weighted by Crippen LogP contribution is -2.31. The molecule has 1 saturated carbocycles. The molecule has 0 aliphatic heterocycles. The monoisotopic (exact) mass is 382 g/mol. The summed E-state index contributed by atoms with van der Waals surface area (Å²) >= 11 is 0. The van der Waals surface area contributed by atoms with Crippen molar-refractivity contribution in [1.29, 1.82) is 0 Å². The lowest BCUT2D eigenvalue weighted by atomic mass is 9.88. The van der Waals surface area contributed by atoms with Crippen LogP contribution in [-0.2, 0) is 14.8 Å². The van der Waals surface area contributed by atoms with Crippen molar-refractivity contribution in [2.75, 3.05) is 25.0 Å². The fraction of sp³-hybridized carbons (Fsp3) is 0.632. The second-order valence-electron chi connectivity index (χ2n) is 6.51. The first kappa shape index (κ1) is 20.7. The Hall–Kier alpha value is -1.60. The molecule has 2 rings (SSSR count). The molecular formula is C19H30N2O4S. The predicted octanol–water partition coefficient (Wildman–Crippen LogP) is 3.63. The van der Waals surface area contributed by atoms with E-state index < -0.39 is 10.0 Å². The van der Waals surface area contributed by atoms with Crippen LogP contribution in [0.1, 0.15) is 52.9 Å². The summed E-state index contributed by atoms with van der Waals surface area (Å²) in [4.78, 5) is 12.6. The zero-order valence-corrected chi connectivity index (χ0v) is 16.8. The number of rotatable bonds is 8. The quantitative estimate of drug-likeness (QED) is 0.745. The van der Waals surface area contributed by atoms with E-state index in [9.17, 15) is 13.2 Å². The summed E-state index contributed by atoms with van der Waals surface area (Å²) in [6, 6.07) is 4.84. The first-order chi connectivity index (χ1) is 12.4. The normalized spacial score (nSPS) is 15.8. The minimum atomic E-state index is -3.68. The smallest absolute Gasteiger partial charge is 0.246 e. The molecule has 1 aromatic carbocycles. The van der Waals surface area contributed by atoms with Gasteiger partial charge < -0.3 is 10.1 Å². The van der Waals surface area contributed by atoms with Crippen LogP contribution >= 0.6 is 0 Å². The first-order valence-electron chi connectivity index (χ1n) is 9.51. The van der Waals surface area contributed by atoms with Gasteiger partial charge in [0.25, 0.3) is 0 Å². The van der Waals surface area contributed by atoms with E-state index in [2.05, 4.69) is 5.32 Å². The number of hydrogen-bond acceptors (Lipinski definition) is 4. The molecule has 1 amide bonds. The Morgan fingerprint density at radius 1 is 1.15 bits per heavy atom. The molecule has 0 aromatic heterocycles. The van der Waals surface area contributed by atoms with Crippen LogP contribution in [0.3, 0.4) is 0 Å². The van der Waals surface area contributed by atoms with Gasteiger partial charge in [0.05, 0.1) is 6.61 Å². The van der Waals surface area contributed by atoms with Gasteiger partial charge in [0.2, 0.25) is 15.9 Å². The molecule has 1 fully saturated rings. The van der Waals surface area contributed by atoms with Gasteiger partial charge in [0.15, 0.2) is 0 Å². The molecule has 0 atom stereocenters. The van der Waals surface area contributed by atoms with Crippen LogP contribution in [0.15, 0.2) is 23.1 Å². The summed E-state index contributed by atoms with van der Waals surface area (Å²) in [5.41, 5.74) is 0.495. The lowest BCUT2D eigenvalue weighted by Gasteiger charge is -2.22. The van der Waals surface area contributed by atoms with Crippen LogP contribution in [0, 0.1) is 5.92 Å². The zero-order chi connectivity index (χ0) is 19.2. The fourth-order valence-electron chi connectivity index (χ4n) is 3.37. The summed E-state index contributed by atoms with van der Waals surface area (Å²) in [7, 11) is -3.68. The number of carbonyl (C=O) groups excluding carboxylic acids is 1. The Bertz CT molecular complexity index is 708. The third-order valence-electron chi connectivity index (χ3n) is 4.81. The Labute approximate surface area is 157 Å². The van der Waals surface area contributed by atoms with Crippen molar-refractivity contribution in [1.82, 2.24) is 4.31 Å². The number of anilines is 1. The van der Waals surface area contributed by atoms with Gasteiger partial charge in [-0.1, -0.05) is 33.1 Å². The number of amides is 1. The number of hydrogen-bond donors (Lipinski definition) is 1. The van der Waals surface area contributed by atoms with Crippen molar-refractivity contribution in [3.8, 4) is 5.75 Å². The van der Waals surface area contributed by atoms with Crippen molar-refractivity contribution >= 4 is 21.6 Å². The summed E-state index contributed by atoms with van der Waals surface area (Å²) in [5, 5.41) is 2.89. The summed E-state index contributed by atoms with van der Waals surface area (Å²) < 4.78 is 32.8. The SMILES string of the molecule is CCOc1ccc(NC(=O)C2CCCCC2)cc1S(=O)(=O)N(CC)CC. The van der Waals surface area contributed by atoms with Gasteiger partial charge in [-0.25, -0.2) is 8.42 Å². The third kappa shape index (κ3) is 4.76. The van der Waals surface area contributed by atoms with E-state index in [0.717, 1.165) is 25.7 Å². The number of ether oxygens (including phenoxy) is 1. The van der Waals surface area contributed by atoms with Crippen LogP contribution in [0.2, 0.25) is 0 Å². The van der Waals surface area contributed by atoms with E-state index in [4.69, 9.17) is 4.74 Å². The van der Waals surface area contributed by atoms with Gasteiger partial charge in [-0.05, 0) is 38.0 Å². The molecule has 1 aliphatic rings. The standard InChI is InChI=1S/C19H30N2O4S/c1-4-21(5-2)26(23,24)18-14-16(12-13-17(18)25-6-3)20-19(22)15-10-8-7-9-11-15/h12-15H,4-11H2,1-3H3,(H,20,22). The molecular weight excluding hydrogens is 352 g/mol. The van der Waals surface area contributed by atoms with Crippen molar-refractivity contribution in [3.63, 3.8) is 0 Å². The molecule has 1 aliphatic carbocycles. The molecule has 146 valence electrons. The fourth-order valence-corrected chi connectivity index (χ4v) is 4.99. The van der Waals surface area contributed by atoms with Gasteiger partial charge in [0, 0.05) is 24.7 Å². The summed E-state index contributed by atoms with van der Waals surface area (Å²) in [6.45, 7) is 6.54. The van der Waals surface area contributed by atoms with Gasteiger partial charge in [-0.3, -0.25) is 4.79 Å². The van der Waals surface area contributed by atoms with E-state index in [1.165, 1.54) is 16.8 Å². The molecule has 0 saturated heterocycles. The lowest BCUT2D eigenvalue weighted by molar-refractivity contribution is -0.120. The van der Waals surface area contributed by atoms with Crippen LogP contribution < -0.4 is 10.1 Å². The van der Waals surface area contributed by atoms with Gasteiger partial charge in [0.1, 0.15) is 10.6 Å². The van der Waals surface area contributed by atoms with Crippen LogP contribution in [0.25, 0.3) is 0 Å². The van der Waals surface area contributed by atoms with Crippen molar-refractivity contribution in [2.45, 2.75) is 57.8 Å². The second kappa shape index (κ2) is 9.37. The highest BCUT2D eigenvalue weighted by Crippen LogP contribution is 2.31. The van der Waals surface area contributed by atoms with Gasteiger partial charge in [-0.15, -0.1) is 0 Å². The van der Waals surface area contributed by atoms with Gasteiger partial charge >= 0.3 is 0 Å². The number of nitrogens with one attached hydrogen (secondary N) is 1. The van der Waals surface area contributed by atoms with Crippen molar-refractivity contribution in [2.24, 2.45) is 5.92 Å². The number of nitrogens with zero attached hydrogens (tertiary/aromatic N) is 1. The van der Waals surface area contributed by atoms with E-state index in [1.54, 1.807) is 26.0 Å². The first-order valence-corrected chi connectivity index (χ1v) is 11.0. The highest BCUT2D eigenvalue weighted by molar-refractivity contribution is 7.89. The Morgan fingerprint density at radius 3 is 2.38 bits per heavy atom. The molecule has 0 heterocycles. The van der Waals surface area contributed by atoms with Crippen molar-refractivity contribution < 1.29 is 17.9 Å². The minimum absolute atomic E-state index is 0.0122. The van der Waals surface area contributed by atoms with E-state index >= 15 is 0 Å². The molecule has 6 nitrogen and oxygen atoms in total. The Kier molecular flexibility index (Phi) is 7.46. The van der Waals surface area contributed by atoms with Crippen LogP contribution in [0.5, 0.6) is 5.75 Å². The molecule has 7 heteroatoms. The van der Waals surface area contributed by atoms with E-state index in [-0.39, 0.29) is 16.7 Å². The second-order valence-corrected chi connectivity index (χ2v) is 8.41. The maximum atomic E-state index is 13.0. The molecule has 0 radical (unpaired) electrons. The number of carbonyl (C=O) groups is 1. The van der Waals surface area contributed by atoms with E-state index in [1.807, 2.05) is 6.92 Å². The number of sulfonamides is 1. The largest absolute Gasteiger partial charge is 0.492 e. The molecule has 1 aromatic rings. The minimum Gasteiger partial charge on any atom is -0.492 e. The summed E-state index contributed by atoms with van der Waals surface area (Å²) in [5.74, 6) is 0.299. The maximum Gasteiger partial charge on any atom is 0.246 e. The van der Waals surface area contributed by atoms with Crippen molar-refractivity contribution in [3.05, 3.63) is 18.2 Å². The topological polar surface area (TPSA) is 75.7 Å². The third-order valence-corrected chi connectivity index (χ3v) is 6.88. The molecule has 1 N–H and O–H groups in total. The molecule has 26 heavy (non-hydrogen) atoms. The zero-order valence-electron chi connectivity index (χ0n) is 16.0. The molecule has 0 bridgehead atoms. The number of benzene rings is 1.